The fourth-order valence-corrected chi connectivity index (χ4v) is 2.35. The van der Waals surface area contributed by atoms with Crippen molar-refractivity contribution < 1.29 is 9.59 Å². The summed E-state index contributed by atoms with van der Waals surface area (Å²) in [5.41, 5.74) is 4.66. The smallest absolute Gasteiger partial charge is 0.313 e. The van der Waals surface area contributed by atoms with Crippen LogP contribution in [0.3, 0.4) is 0 Å². The van der Waals surface area contributed by atoms with Gasteiger partial charge >= 0.3 is 6.03 Å². The van der Waals surface area contributed by atoms with Crippen LogP contribution in [-0.4, -0.2) is 35.5 Å². The molecule has 2 rings (SSSR count). The van der Waals surface area contributed by atoms with E-state index in [1.165, 1.54) is 12.8 Å². The van der Waals surface area contributed by atoms with Gasteiger partial charge in [-0.15, -0.1) is 0 Å². The Kier molecular flexibility index (Phi) is 2.60. The number of amides is 3. The standard InChI is InChI=1S/C12H21N3O2/c1-8(11(2)4-5-11)15(3)9(16)12(6-7-12)14-10(13)17/h8H,4-7H2,1-3H3,(H3,13,14,17). The van der Waals surface area contributed by atoms with Gasteiger partial charge in [0.2, 0.25) is 5.91 Å². The number of nitrogens with one attached hydrogen (secondary N) is 1. The topological polar surface area (TPSA) is 75.4 Å². The summed E-state index contributed by atoms with van der Waals surface area (Å²) in [6, 6.07) is -0.406. The Bertz CT molecular complexity index is 359. The minimum atomic E-state index is -0.708. The molecule has 2 aliphatic carbocycles. The zero-order valence-electron chi connectivity index (χ0n) is 10.7. The quantitative estimate of drug-likeness (QED) is 0.762. The maximum atomic E-state index is 12.3. The van der Waals surface area contributed by atoms with E-state index >= 15 is 0 Å². The van der Waals surface area contributed by atoms with Crippen LogP contribution in [0, 0.1) is 5.41 Å². The number of carbonyl (C=O) groups is 2. The van der Waals surface area contributed by atoms with Crippen molar-refractivity contribution >= 4 is 11.9 Å². The lowest BCUT2D eigenvalue weighted by molar-refractivity contribution is -0.136. The van der Waals surface area contributed by atoms with E-state index in [0.29, 0.717) is 12.8 Å². The van der Waals surface area contributed by atoms with E-state index in [1.807, 2.05) is 7.05 Å². The maximum absolute atomic E-state index is 12.3. The van der Waals surface area contributed by atoms with E-state index < -0.39 is 11.6 Å². The number of nitrogens with two attached hydrogens (primary N) is 1. The number of hydrogen-bond acceptors (Lipinski definition) is 2. The highest BCUT2D eigenvalue weighted by atomic mass is 16.2. The van der Waals surface area contributed by atoms with Crippen molar-refractivity contribution in [2.45, 2.75) is 51.1 Å². The predicted molar refractivity (Wildman–Crippen MR) is 64.3 cm³/mol. The molecule has 2 aliphatic rings. The SMILES string of the molecule is CC(N(C)C(=O)C1(NC(N)=O)CC1)C1(C)CC1. The van der Waals surface area contributed by atoms with Crippen LogP contribution < -0.4 is 11.1 Å². The first-order valence-corrected chi connectivity index (χ1v) is 6.16. The van der Waals surface area contributed by atoms with Crippen LogP contribution >= 0.6 is 0 Å². The monoisotopic (exact) mass is 239 g/mol. The second-order valence-corrected chi connectivity index (χ2v) is 5.82. The van der Waals surface area contributed by atoms with Gasteiger partial charge in [0.05, 0.1) is 0 Å². The van der Waals surface area contributed by atoms with Gasteiger partial charge in [-0.1, -0.05) is 6.92 Å². The third-order valence-electron chi connectivity index (χ3n) is 4.47. The van der Waals surface area contributed by atoms with E-state index in [9.17, 15) is 9.59 Å². The molecule has 0 radical (unpaired) electrons. The summed E-state index contributed by atoms with van der Waals surface area (Å²) >= 11 is 0. The summed E-state index contributed by atoms with van der Waals surface area (Å²) < 4.78 is 0. The summed E-state index contributed by atoms with van der Waals surface area (Å²) in [5.74, 6) is -0.00285. The minimum Gasteiger partial charge on any atom is -0.352 e. The third kappa shape index (κ3) is 2.10. The molecule has 0 aromatic carbocycles. The first-order valence-electron chi connectivity index (χ1n) is 6.16. The first-order chi connectivity index (χ1) is 7.81. The number of likely N-dealkylation sites (N-methyl/N-ethyl adjacent to an activating group) is 1. The van der Waals surface area contributed by atoms with Crippen molar-refractivity contribution in [3.63, 3.8) is 0 Å². The molecule has 0 aromatic heterocycles. The Morgan fingerprint density at radius 3 is 2.18 bits per heavy atom. The highest BCUT2D eigenvalue weighted by molar-refractivity contribution is 5.93. The molecule has 1 unspecified atom stereocenters. The Balaban J connectivity index is 2.02. The molecule has 3 N–H and O–H groups in total. The van der Waals surface area contributed by atoms with E-state index in [-0.39, 0.29) is 17.4 Å². The average molecular weight is 239 g/mol. The van der Waals surface area contributed by atoms with Gasteiger partial charge in [0, 0.05) is 13.1 Å². The first kappa shape index (κ1) is 12.2. The van der Waals surface area contributed by atoms with Gasteiger partial charge in [0.25, 0.3) is 0 Å². The number of urea groups is 1. The molecule has 17 heavy (non-hydrogen) atoms. The van der Waals surface area contributed by atoms with Crippen LogP contribution in [0.5, 0.6) is 0 Å². The largest absolute Gasteiger partial charge is 0.352 e. The summed E-state index contributed by atoms with van der Waals surface area (Å²) in [6.45, 7) is 4.27. The van der Waals surface area contributed by atoms with Crippen molar-refractivity contribution in [3.8, 4) is 0 Å². The second kappa shape index (κ2) is 3.62. The van der Waals surface area contributed by atoms with Gasteiger partial charge in [-0.25, -0.2) is 4.79 Å². The fourth-order valence-electron chi connectivity index (χ4n) is 2.35. The molecular weight excluding hydrogens is 218 g/mol. The Morgan fingerprint density at radius 2 is 1.82 bits per heavy atom. The molecule has 0 aliphatic heterocycles. The van der Waals surface area contributed by atoms with Crippen molar-refractivity contribution in [1.29, 1.82) is 0 Å². The van der Waals surface area contributed by atoms with Gasteiger partial charge < -0.3 is 16.0 Å². The average Bonchev–Trinajstić information content (AvgIpc) is 3.14. The normalized spacial score (nSPS) is 24.6. The van der Waals surface area contributed by atoms with E-state index in [4.69, 9.17) is 5.73 Å². The van der Waals surface area contributed by atoms with Gasteiger partial charge in [-0.3, -0.25) is 4.79 Å². The molecule has 0 bridgehead atoms. The molecule has 2 fully saturated rings. The van der Waals surface area contributed by atoms with Crippen molar-refractivity contribution in [2.75, 3.05) is 7.05 Å². The summed E-state index contributed by atoms with van der Waals surface area (Å²) in [6.07, 6.45) is 3.73. The van der Waals surface area contributed by atoms with Crippen LogP contribution in [0.15, 0.2) is 0 Å². The van der Waals surface area contributed by atoms with Crippen LogP contribution in [0.4, 0.5) is 4.79 Å². The summed E-state index contributed by atoms with van der Waals surface area (Å²) in [4.78, 5) is 25.0. The molecule has 0 aromatic rings. The van der Waals surface area contributed by atoms with E-state index in [1.54, 1.807) is 4.90 Å². The summed E-state index contributed by atoms with van der Waals surface area (Å²) in [7, 11) is 1.82. The number of carbonyl (C=O) groups excluding carboxylic acids is 2. The molecule has 2 saturated carbocycles. The molecular formula is C12H21N3O2. The van der Waals surface area contributed by atoms with Crippen LogP contribution in [0.25, 0.3) is 0 Å². The lowest BCUT2D eigenvalue weighted by atomic mass is 9.98. The zero-order chi connectivity index (χ0) is 12.8. The Morgan fingerprint density at radius 1 is 1.29 bits per heavy atom. The van der Waals surface area contributed by atoms with Gasteiger partial charge in [-0.05, 0) is 38.0 Å². The molecule has 0 saturated heterocycles. The minimum absolute atomic E-state index is 0.00285. The second-order valence-electron chi connectivity index (χ2n) is 5.82. The highest BCUT2D eigenvalue weighted by Gasteiger charge is 2.55. The number of rotatable bonds is 4. The lowest BCUT2D eigenvalue weighted by Gasteiger charge is -2.33. The predicted octanol–water partition coefficient (Wildman–Crippen LogP) is 0.834. The van der Waals surface area contributed by atoms with Crippen LogP contribution in [-0.2, 0) is 4.79 Å². The number of hydrogen-bond donors (Lipinski definition) is 2. The van der Waals surface area contributed by atoms with Gasteiger partial charge in [0.15, 0.2) is 0 Å². The van der Waals surface area contributed by atoms with Gasteiger partial charge in [-0.2, -0.15) is 0 Å². The van der Waals surface area contributed by atoms with Gasteiger partial charge in [0.1, 0.15) is 5.54 Å². The zero-order valence-corrected chi connectivity index (χ0v) is 10.7. The highest BCUT2D eigenvalue weighted by Crippen LogP contribution is 2.50. The third-order valence-corrected chi connectivity index (χ3v) is 4.47. The summed E-state index contributed by atoms with van der Waals surface area (Å²) in [5, 5.41) is 2.59. The van der Waals surface area contributed by atoms with Crippen LogP contribution in [0.1, 0.15) is 39.5 Å². The van der Waals surface area contributed by atoms with Crippen molar-refractivity contribution in [2.24, 2.45) is 11.1 Å². The van der Waals surface area contributed by atoms with Crippen molar-refractivity contribution in [3.05, 3.63) is 0 Å². The van der Waals surface area contributed by atoms with Crippen molar-refractivity contribution in [1.82, 2.24) is 10.2 Å². The molecule has 0 heterocycles. The fraction of sp³-hybridized carbons (Fsp3) is 0.833. The number of primary amides is 1. The van der Waals surface area contributed by atoms with E-state index in [0.717, 1.165) is 0 Å². The molecule has 0 spiro atoms. The Labute approximate surface area is 102 Å². The lowest BCUT2D eigenvalue weighted by Crippen LogP contribution is -2.54. The Hall–Kier alpha value is -1.26. The molecule has 5 nitrogen and oxygen atoms in total. The van der Waals surface area contributed by atoms with Crippen LogP contribution in [0.2, 0.25) is 0 Å². The molecule has 1 atom stereocenters. The number of nitrogens with zero attached hydrogens (tertiary/aromatic N) is 1. The molecule has 96 valence electrons. The van der Waals surface area contributed by atoms with E-state index in [2.05, 4.69) is 19.2 Å². The molecule has 5 heteroatoms. The molecule has 3 amide bonds. The maximum Gasteiger partial charge on any atom is 0.313 e.